The zero-order valence-electron chi connectivity index (χ0n) is 10.1. The normalized spacial score (nSPS) is 12.4. The Hall–Kier alpha value is -1.79. The van der Waals surface area contributed by atoms with Crippen LogP contribution in [0.2, 0.25) is 0 Å². The van der Waals surface area contributed by atoms with Gasteiger partial charge in [0.1, 0.15) is 11.5 Å². The third-order valence-corrected chi connectivity index (χ3v) is 2.48. The van der Waals surface area contributed by atoms with Crippen molar-refractivity contribution >= 4 is 0 Å². The van der Waals surface area contributed by atoms with Crippen molar-refractivity contribution in [2.24, 2.45) is 7.05 Å². The molecule has 98 valence electrons. The maximum atomic E-state index is 12.8. The second-order valence-electron chi connectivity index (χ2n) is 4.27. The highest BCUT2D eigenvalue weighted by atomic mass is 19.4. The van der Waals surface area contributed by atoms with Gasteiger partial charge in [-0.15, -0.1) is 0 Å². The molecular weight excluding hydrogens is 247 g/mol. The maximum absolute atomic E-state index is 12.8. The molecule has 0 radical (unpaired) electrons. The molecule has 0 aliphatic rings. The molecule has 0 N–H and O–H groups in total. The van der Waals surface area contributed by atoms with Gasteiger partial charge in [0, 0.05) is 13.0 Å². The van der Waals surface area contributed by atoms with Crippen molar-refractivity contribution in [3.05, 3.63) is 24.0 Å². The molecule has 0 aromatic carbocycles. The Morgan fingerprint density at radius 1 is 1.33 bits per heavy atom. The van der Waals surface area contributed by atoms with Crippen LogP contribution in [0.1, 0.15) is 31.2 Å². The number of nitrogens with zero attached hydrogens (tertiary/aromatic N) is 3. The van der Waals surface area contributed by atoms with E-state index in [-0.39, 0.29) is 11.7 Å². The predicted octanol–water partition coefficient (Wildman–Crippen LogP) is 3.22. The van der Waals surface area contributed by atoms with Crippen LogP contribution < -0.4 is 0 Å². The standard InChI is InChI=1S/C11H12F3N3O/c1-6(2)8-9(11(12,13)14)16-10(18-8)7-4-15-5-17(7)3/h4-6H,1-3H3. The molecule has 0 fully saturated rings. The molecule has 2 rings (SSSR count). The van der Waals surface area contributed by atoms with Crippen LogP contribution in [0.4, 0.5) is 13.2 Å². The molecule has 2 aromatic rings. The first kappa shape index (κ1) is 12.7. The molecule has 18 heavy (non-hydrogen) atoms. The first-order chi connectivity index (χ1) is 8.30. The van der Waals surface area contributed by atoms with Crippen molar-refractivity contribution in [1.29, 1.82) is 0 Å². The summed E-state index contributed by atoms with van der Waals surface area (Å²) in [5.74, 6) is -0.610. The smallest absolute Gasteiger partial charge is 0.436 e. The lowest BCUT2D eigenvalue weighted by Gasteiger charge is -2.06. The molecule has 4 nitrogen and oxygen atoms in total. The van der Waals surface area contributed by atoms with Gasteiger partial charge in [-0.05, 0) is 0 Å². The van der Waals surface area contributed by atoms with Crippen LogP contribution in [-0.4, -0.2) is 14.5 Å². The van der Waals surface area contributed by atoms with Crippen LogP contribution >= 0.6 is 0 Å². The minimum Gasteiger partial charge on any atom is -0.439 e. The summed E-state index contributed by atoms with van der Waals surface area (Å²) in [6.07, 6.45) is -1.63. The van der Waals surface area contributed by atoms with E-state index in [9.17, 15) is 13.2 Å². The third kappa shape index (κ3) is 2.12. The summed E-state index contributed by atoms with van der Waals surface area (Å²) in [4.78, 5) is 7.38. The highest BCUT2D eigenvalue weighted by Crippen LogP contribution is 2.37. The third-order valence-electron chi connectivity index (χ3n) is 2.48. The second-order valence-corrected chi connectivity index (χ2v) is 4.27. The maximum Gasteiger partial charge on any atom is 0.436 e. The number of hydrogen-bond acceptors (Lipinski definition) is 3. The Bertz CT molecular complexity index is 554. The highest BCUT2D eigenvalue weighted by molar-refractivity contribution is 5.47. The molecule has 0 saturated heterocycles. The summed E-state index contributed by atoms with van der Waals surface area (Å²) in [6, 6.07) is 0. The molecule has 0 amide bonds. The molecule has 0 aliphatic heterocycles. The fourth-order valence-corrected chi connectivity index (χ4v) is 1.60. The summed E-state index contributed by atoms with van der Waals surface area (Å²) in [5.41, 5.74) is -0.555. The Morgan fingerprint density at radius 3 is 2.39 bits per heavy atom. The fraction of sp³-hybridized carbons (Fsp3) is 0.455. The first-order valence-corrected chi connectivity index (χ1v) is 5.35. The van der Waals surface area contributed by atoms with Crippen molar-refractivity contribution in [2.45, 2.75) is 25.9 Å². The fourth-order valence-electron chi connectivity index (χ4n) is 1.60. The number of aryl methyl sites for hydroxylation is 1. The van der Waals surface area contributed by atoms with Crippen LogP contribution in [0, 0.1) is 0 Å². The molecule has 0 saturated carbocycles. The van der Waals surface area contributed by atoms with Gasteiger partial charge in [0.15, 0.2) is 5.69 Å². The van der Waals surface area contributed by atoms with Gasteiger partial charge in [0.2, 0.25) is 5.89 Å². The number of oxazole rings is 1. The van der Waals surface area contributed by atoms with Crippen molar-refractivity contribution in [2.75, 3.05) is 0 Å². The topological polar surface area (TPSA) is 43.9 Å². The van der Waals surface area contributed by atoms with E-state index in [0.717, 1.165) is 0 Å². The summed E-state index contributed by atoms with van der Waals surface area (Å²) in [5, 5.41) is 0. The quantitative estimate of drug-likeness (QED) is 0.831. The lowest BCUT2D eigenvalue weighted by molar-refractivity contribution is -0.142. The molecule has 2 heterocycles. The molecule has 0 bridgehead atoms. The number of alkyl halides is 3. The van der Waals surface area contributed by atoms with Crippen LogP contribution in [0.5, 0.6) is 0 Å². The summed E-state index contributed by atoms with van der Waals surface area (Å²) in [6.45, 7) is 3.26. The largest absolute Gasteiger partial charge is 0.439 e. The summed E-state index contributed by atoms with van der Waals surface area (Å²) < 4.78 is 45.2. The zero-order chi connectivity index (χ0) is 13.5. The van der Waals surface area contributed by atoms with Crippen LogP contribution in [-0.2, 0) is 13.2 Å². The van der Waals surface area contributed by atoms with E-state index in [1.807, 2.05) is 0 Å². The van der Waals surface area contributed by atoms with E-state index < -0.39 is 17.8 Å². The molecule has 0 aliphatic carbocycles. The minimum absolute atomic E-state index is 0.0639. The monoisotopic (exact) mass is 259 g/mol. The zero-order valence-corrected chi connectivity index (χ0v) is 10.1. The van der Waals surface area contributed by atoms with E-state index in [1.165, 1.54) is 12.5 Å². The van der Waals surface area contributed by atoms with E-state index in [0.29, 0.717) is 5.69 Å². The van der Waals surface area contributed by atoms with Gasteiger partial charge in [0.05, 0.1) is 12.5 Å². The minimum atomic E-state index is -4.51. The van der Waals surface area contributed by atoms with E-state index >= 15 is 0 Å². The van der Waals surface area contributed by atoms with E-state index in [4.69, 9.17) is 4.42 Å². The van der Waals surface area contributed by atoms with Gasteiger partial charge in [-0.1, -0.05) is 13.8 Å². The number of hydrogen-bond donors (Lipinski definition) is 0. The number of aromatic nitrogens is 3. The van der Waals surface area contributed by atoms with Crippen molar-refractivity contribution < 1.29 is 17.6 Å². The predicted molar refractivity (Wildman–Crippen MR) is 57.8 cm³/mol. The highest BCUT2D eigenvalue weighted by Gasteiger charge is 2.39. The van der Waals surface area contributed by atoms with Gasteiger partial charge >= 0.3 is 6.18 Å². The lowest BCUT2D eigenvalue weighted by Crippen LogP contribution is -2.09. The van der Waals surface area contributed by atoms with Crippen molar-refractivity contribution in [3.63, 3.8) is 0 Å². The second kappa shape index (κ2) is 4.15. The SMILES string of the molecule is CC(C)c1oc(-c2cncn2C)nc1C(F)(F)F. The Kier molecular flexibility index (Phi) is 2.92. The summed E-state index contributed by atoms with van der Waals surface area (Å²) in [7, 11) is 1.66. The van der Waals surface area contributed by atoms with Crippen LogP contribution in [0.3, 0.4) is 0 Å². The number of imidazole rings is 1. The average Bonchev–Trinajstić information content (AvgIpc) is 2.81. The van der Waals surface area contributed by atoms with Gasteiger partial charge in [-0.2, -0.15) is 13.2 Å². The Balaban J connectivity index is 2.57. The Labute approximate surface area is 101 Å². The van der Waals surface area contributed by atoms with Crippen LogP contribution in [0.15, 0.2) is 16.9 Å². The average molecular weight is 259 g/mol. The van der Waals surface area contributed by atoms with Crippen molar-refractivity contribution in [1.82, 2.24) is 14.5 Å². The molecule has 0 atom stereocenters. The van der Waals surface area contributed by atoms with Gasteiger partial charge < -0.3 is 8.98 Å². The van der Waals surface area contributed by atoms with E-state index in [1.54, 1.807) is 25.5 Å². The molecular formula is C11H12F3N3O. The molecule has 2 aromatic heterocycles. The summed E-state index contributed by atoms with van der Waals surface area (Å²) >= 11 is 0. The van der Waals surface area contributed by atoms with Gasteiger partial charge in [0.25, 0.3) is 0 Å². The molecule has 0 spiro atoms. The van der Waals surface area contributed by atoms with Gasteiger partial charge in [-0.3, -0.25) is 0 Å². The van der Waals surface area contributed by atoms with Crippen molar-refractivity contribution in [3.8, 4) is 11.6 Å². The lowest BCUT2D eigenvalue weighted by atomic mass is 10.1. The number of halogens is 3. The Morgan fingerprint density at radius 2 is 2.00 bits per heavy atom. The number of rotatable bonds is 2. The van der Waals surface area contributed by atoms with Crippen LogP contribution in [0.25, 0.3) is 11.6 Å². The van der Waals surface area contributed by atoms with Gasteiger partial charge in [-0.25, -0.2) is 9.97 Å². The molecule has 7 heteroatoms. The molecule has 0 unspecified atom stereocenters. The first-order valence-electron chi connectivity index (χ1n) is 5.35. The van der Waals surface area contributed by atoms with E-state index in [2.05, 4.69) is 9.97 Å².